The Kier molecular flexibility index (Phi) is 12.8. The van der Waals surface area contributed by atoms with E-state index in [1.807, 2.05) is 26.0 Å². The molecule has 18 heteroatoms. The van der Waals surface area contributed by atoms with Gasteiger partial charge in [-0.3, -0.25) is 34.3 Å². The summed E-state index contributed by atoms with van der Waals surface area (Å²) in [5, 5.41) is 17.9. The molecule has 2 unspecified atom stereocenters. The molecule has 4 heterocycles. The number of nitrogens with zero attached hydrogens (tertiary/aromatic N) is 5. The standard InChI is InChI=1S/C41H44ClF3N8O5S/c1-5-25-16-29(53-39(59)52(38(57)40(53,3)4)30-20-31(41(43,44)45)33(21-46)47-22-30)6-8-34(25)58-15-12-24-10-13-51(14-11-24)23(2)36(55)49-28-18-26(42)17-27(19-28)48-32-7-9-35(54)50-37(32)56/h6,8,16-20,22-24,32,48H,5,7,9-15H2,1-4H3,(H,49,55)(H,50,54,56). The molecule has 312 valence electrons. The van der Waals surface area contributed by atoms with E-state index in [9.17, 15) is 37.6 Å². The fourth-order valence-corrected chi connectivity index (χ4v) is 8.37. The number of likely N-dealkylation sites (tertiary alicyclic amines) is 1. The van der Waals surface area contributed by atoms with E-state index in [4.69, 9.17) is 28.6 Å². The number of amides is 4. The number of benzene rings is 2. The van der Waals surface area contributed by atoms with Crippen LogP contribution in [0.4, 0.5) is 35.9 Å². The first kappa shape index (κ1) is 43.3. The van der Waals surface area contributed by atoms with E-state index < -0.39 is 46.9 Å². The quantitative estimate of drug-likeness (QED) is 0.130. The maximum atomic E-state index is 13.7. The summed E-state index contributed by atoms with van der Waals surface area (Å²) in [4.78, 5) is 59.1. The Morgan fingerprint density at radius 3 is 2.47 bits per heavy atom. The largest absolute Gasteiger partial charge is 0.493 e. The molecule has 0 bridgehead atoms. The van der Waals surface area contributed by atoms with Crippen molar-refractivity contribution in [2.45, 2.75) is 90.0 Å². The molecule has 13 nitrogen and oxygen atoms in total. The lowest BCUT2D eigenvalue weighted by molar-refractivity contribution is -0.138. The third-order valence-corrected chi connectivity index (χ3v) is 11.6. The van der Waals surface area contributed by atoms with E-state index in [1.54, 1.807) is 43.0 Å². The molecule has 3 N–H and O–H groups in total. The van der Waals surface area contributed by atoms with Gasteiger partial charge in [0.2, 0.25) is 17.7 Å². The average Bonchev–Trinajstić information content (AvgIpc) is 3.36. The van der Waals surface area contributed by atoms with Gasteiger partial charge in [-0.25, -0.2) is 4.98 Å². The topological polar surface area (TPSA) is 160 Å². The summed E-state index contributed by atoms with van der Waals surface area (Å²) in [6, 6.07) is 11.6. The van der Waals surface area contributed by atoms with Crippen LogP contribution in [0.15, 0.2) is 48.7 Å². The fourth-order valence-electron chi connectivity index (χ4n) is 7.61. The number of thiocarbonyl (C=S) groups is 1. The Morgan fingerprint density at radius 2 is 1.81 bits per heavy atom. The molecule has 3 fully saturated rings. The number of hydrogen-bond acceptors (Lipinski definition) is 10. The zero-order chi connectivity index (χ0) is 42.8. The van der Waals surface area contributed by atoms with Crippen LogP contribution >= 0.6 is 23.8 Å². The zero-order valence-electron chi connectivity index (χ0n) is 32.9. The number of alkyl halides is 3. The normalized spacial score (nSPS) is 19.3. The van der Waals surface area contributed by atoms with Gasteiger partial charge in [0.1, 0.15) is 23.4 Å². The summed E-state index contributed by atoms with van der Waals surface area (Å²) in [6.45, 7) is 9.01. The van der Waals surface area contributed by atoms with Crippen LogP contribution in [0.25, 0.3) is 0 Å². The number of carbonyl (C=O) groups is 4. The van der Waals surface area contributed by atoms with Gasteiger partial charge in [0.05, 0.1) is 30.1 Å². The molecule has 1 aromatic heterocycles. The van der Waals surface area contributed by atoms with Gasteiger partial charge in [-0.1, -0.05) is 18.5 Å². The molecule has 2 aromatic carbocycles. The van der Waals surface area contributed by atoms with E-state index in [1.165, 1.54) is 6.07 Å². The molecule has 0 aliphatic carbocycles. The number of nitriles is 1. The molecule has 3 saturated heterocycles. The van der Waals surface area contributed by atoms with Crippen molar-refractivity contribution in [1.82, 2.24) is 15.2 Å². The Bertz CT molecular complexity index is 2210. The number of halogens is 4. The first-order valence-corrected chi connectivity index (χ1v) is 20.1. The third kappa shape index (κ3) is 9.45. The Balaban J connectivity index is 1.02. The van der Waals surface area contributed by atoms with Gasteiger partial charge in [-0.05, 0) is 132 Å². The van der Waals surface area contributed by atoms with Crippen LogP contribution < -0.4 is 30.5 Å². The molecular formula is C41H44ClF3N8O5S. The molecular weight excluding hydrogens is 809 g/mol. The van der Waals surface area contributed by atoms with Gasteiger partial charge < -0.3 is 20.3 Å². The average molecular weight is 853 g/mol. The number of pyridine rings is 1. The third-order valence-electron chi connectivity index (χ3n) is 11.0. The van der Waals surface area contributed by atoms with Crippen molar-refractivity contribution in [2.75, 3.05) is 40.1 Å². The number of imide groups is 1. The van der Waals surface area contributed by atoms with Gasteiger partial charge in [0.15, 0.2) is 10.8 Å². The SMILES string of the molecule is CCc1cc(N2C(=S)N(c3cnc(C#N)c(C(F)(F)F)c3)C(=O)C2(C)C)ccc1OCCC1CCN(C(C)C(=O)Nc2cc(Cl)cc(NC3CCC(=O)NC3=O)c2)CC1. The minimum Gasteiger partial charge on any atom is -0.493 e. The number of rotatable bonds is 12. The van der Waals surface area contributed by atoms with Crippen molar-refractivity contribution in [1.29, 1.82) is 5.26 Å². The molecule has 0 radical (unpaired) electrons. The molecule has 3 aromatic rings. The van der Waals surface area contributed by atoms with Crippen molar-refractivity contribution >= 4 is 75.3 Å². The van der Waals surface area contributed by atoms with Gasteiger partial charge in [-0.15, -0.1) is 0 Å². The minimum absolute atomic E-state index is 0.0218. The van der Waals surface area contributed by atoms with E-state index in [2.05, 4.69) is 25.8 Å². The van der Waals surface area contributed by atoms with E-state index in [0.717, 1.165) is 55.1 Å². The molecule has 0 spiro atoms. The van der Waals surface area contributed by atoms with Crippen LogP contribution in [0.5, 0.6) is 5.75 Å². The summed E-state index contributed by atoms with van der Waals surface area (Å²) in [7, 11) is 0. The van der Waals surface area contributed by atoms with Gasteiger partial charge in [0, 0.05) is 28.5 Å². The maximum Gasteiger partial charge on any atom is 0.419 e. The Hall–Kier alpha value is -5.31. The van der Waals surface area contributed by atoms with Crippen LogP contribution in [0, 0.1) is 17.2 Å². The molecule has 4 amide bonds. The zero-order valence-corrected chi connectivity index (χ0v) is 34.5. The second-order valence-electron chi connectivity index (χ2n) is 15.3. The summed E-state index contributed by atoms with van der Waals surface area (Å²) >= 11 is 12.0. The van der Waals surface area contributed by atoms with Crippen molar-refractivity contribution in [3.05, 3.63) is 70.5 Å². The number of aryl methyl sites for hydroxylation is 1. The summed E-state index contributed by atoms with van der Waals surface area (Å²) < 4.78 is 47.5. The minimum atomic E-state index is -4.86. The summed E-state index contributed by atoms with van der Waals surface area (Å²) in [5.74, 6) is -0.388. The highest BCUT2D eigenvalue weighted by atomic mass is 35.5. The number of ether oxygens (including phenoxy) is 1. The number of piperidine rings is 2. The molecule has 3 aliphatic heterocycles. The van der Waals surface area contributed by atoms with Crippen molar-refractivity contribution < 1.29 is 37.1 Å². The van der Waals surface area contributed by atoms with Crippen LogP contribution in [0.3, 0.4) is 0 Å². The van der Waals surface area contributed by atoms with Crippen LogP contribution in [-0.2, 0) is 31.8 Å². The highest BCUT2D eigenvalue weighted by molar-refractivity contribution is 7.81. The second-order valence-corrected chi connectivity index (χ2v) is 16.1. The number of aromatic nitrogens is 1. The Morgan fingerprint density at radius 1 is 1.10 bits per heavy atom. The smallest absolute Gasteiger partial charge is 0.419 e. The molecule has 59 heavy (non-hydrogen) atoms. The van der Waals surface area contributed by atoms with E-state index in [-0.39, 0.29) is 29.0 Å². The molecule has 3 aliphatic rings. The van der Waals surface area contributed by atoms with E-state index >= 15 is 0 Å². The lowest BCUT2D eigenvalue weighted by Crippen LogP contribution is -2.47. The second kappa shape index (κ2) is 17.5. The maximum absolute atomic E-state index is 13.7. The predicted octanol–water partition coefficient (Wildman–Crippen LogP) is 6.83. The van der Waals surface area contributed by atoms with Gasteiger partial charge >= 0.3 is 6.18 Å². The lowest BCUT2D eigenvalue weighted by Gasteiger charge is -2.35. The highest BCUT2D eigenvalue weighted by Crippen LogP contribution is 2.40. The number of hydrogen-bond donors (Lipinski definition) is 3. The number of nitrogens with one attached hydrogen (secondary N) is 3. The number of anilines is 4. The fraction of sp³-hybridized carbons (Fsp3) is 0.439. The Labute approximate surface area is 350 Å². The first-order valence-electron chi connectivity index (χ1n) is 19.3. The summed E-state index contributed by atoms with van der Waals surface area (Å²) in [6.07, 6.45) is -0.0784. The van der Waals surface area contributed by atoms with Gasteiger partial charge in [-0.2, -0.15) is 18.4 Å². The molecule has 0 saturated carbocycles. The van der Waals surface area contributed by atoms with Crippen LogP contribution in [0.2, 0.25) is 5.02 Å². The molecule has 2 atom stereocenters. The predicted molar refractivity (Wildman–Crippen MR) is 220 cm³/mol. The lowest BCUT2D eigenvalue weighted by atomic mass is 9.93. The van der Waals surface area contributed by atoms with Crippen molar-refractivity contribution in [3.8, 4) is 11.8 Å². The van der Waals surface area contributed by atoms with Crippen molar-refractivity contribution in [2.24, 2.45) is 5.92 Å². The molecule has 6 rings (SSSR count). The first-order chi connectivity index (χ1) is 27.9. The number of carbonyl (C=O) groups excluding carboxylic acids is 4. The van der Waals surface area contributed by atoms with Crippen molar-refractivity contribution in [3.63, 3.8) is 0 Å². The van der Waals surface area contributed by atoms with E-state index in [0.29, 0.717) is 53.2 Å². The van der Waals surface area contributed by atoms with Crippen LogP contribution in [0.1, 0.15) is 76.6 Å². The monoisotopic (exact) mass is 852 g/mol. The highest BCUT2D eigenvalue weighted by Gasteiger charge is 2.51. The van der Waals surface area contributed by atoms with Crippen LogP contribution in [-0.4, -0.2) is 75.9 Å². The van der Waals surface area contributed by atoms with Gasteiger partial charge in [0.25, 0.3) is 5.91 Å². The summed E-state index contributed by atoms with van der Waals surface area (Å²) in [5.41, 5.74) is -1.02.